The number of hydrogen-bond acceptors (Lipinski definition) is 6. The number of pyridine rings is 2. The Morgan fingerprint density at radius 2 is 2.04 bits per heavy atom. The van der Waals surface area contributed by atoms with E-state index in [1.807, 2.05) is 0 Å². The molecule has 134 valence electrons. The number of aromatic nitrogens is 2. The van der Waals surface area contributed by atoms with Crippen LogP contribution >= 0.6 is 0 Å². The Hall–Kier alpha value is -3.26. The number of benzene rings is 1. The predicted molar refractivity (Wildman–Crippen MR) is 90.9 cm³/mol. The molecule has 3 rings (SSSR count). The number of carbonyl (C=O) groups excluding carboxylic acids is 1. The fourth-order valence-electron chi connectivity index (χ4n) is 2.43. The van der Waals surface area contributed by atoms with E-state index in [0.29, 0.717) is 28.2 Å². The molecule has 0 saturated carbocycles. The molecule has 2 N–H and O–H groups in total. The molecule has 8 heteroatoms. The maximum absolute atomic E-state index is 14.4. The maximum Gasteiger partial charge on any atom is 0.250 e. The van der Waals surface area contributed by atoms with Crippen LogP contribution in [0.5, 0.6) is 17.4 Å². The predicted octanol–water partition coefficient (Wildman–Crippen LogP) is 3.18. The van der Waals surface area contributed by atoms with Gasteiger partial charge in [0, 0.05) is 12.3 Å². The summed E-state index contributed by atoms with van der Waals surface area (Å²) in [5, 5.41) is 9.29. The van der Waals surface area contributed by atoms with Gasteiger partial charge in [-0.1, -0.05) is 6.07 Å². The van der Waals surface area contributed by atoms with Crippen LogP contribution < -0.4 is 15.0 Å². The molecule has 2 heterocycles. The lowest BCUT2D eigenvalue weighted by Crippen LogP contribution is -2.24. The van der Waals surface area contributed by atoms with Crippen LogP contribution in [0.15, 0.2) is 42.6 Å². The fourth-order valence-corrected chi connectivity index (χ4v) is 2.43. The zero-order chi connectivity index (χ0) is 18.7. The zero-order valence-corrected chi connectivity index (χ0v) is 14.1. The smallest absolute Gasteiger partial charge is 0.250 e. The minimum absolute atomic E-state index is 0.00586. The van der Waals surface area contributed by atoms with E-state index in [-0.39, 0.29) is 5.75 Å². The van der Waals surface area contributed by atoms with Crippen molar-refractivity contribution in [1.82, 2.24) is 15.4 Å². The Bertz CT molecular complexity index is 964. The Labute approximate surface area is 148 Å². The standard InChI is InChI=1S/C18H16FN3O4/c1-10(18(23)22-24)11-3-5-15(13(19)9-11)26-14-7-8-20-17-12(14)4-6-16(21-17)25-2/h3-10,24H,1-2H3,(H,22,23). The van der Waals surface area contributed by atoms with Gasteiger partial charge in [0.15, 0.2) is 17.2 Å². The van der Waals surface area contributed by atoms with E-state index >= 15 is 0 Å². The van der Waals surface area contributed by atoms with E-state index in [1.54, 1.807) is 36.7 Å². The van der Waals surface area contributed by atoms with Crippen molar-refractivity contribution in [2.24, 2.45) is 0 Å². The van der Waals surface area contributed by atoms with Crippen molar-refractivity contribution in [3.8, 4) is 17.4 Å². The molecule has 0 radical (unpaired) electrons. The number of methoxy groups -OCH3 is 1. The van der Waals surface area contributed by atoms with E-state index < -0.39 is 17.6 Å². The van der Waals surface area contributed by atoms with Crippen molar-refractivity contribution in [2.45, 2.75) is 12.8 Å². The van der Waals surface area contributed by atoms with Gasteiger partial charge in [-0.2, -0.15) is 4.98 Å². The van der Waals surface area contributed by atoms with Crippen LogP contribution in [0.2, 0.25) is 0 Å². The van der Waals surface area contributed by atoms with Crippen LogP contribution in [0, 0.1) is 5.82 Å². The lowest BCUT2D eigenvalue weighted by Gasteiger charge is -2.13. The summed E-state index contributed by atoms with van der Waals surface area (Å²) < 4.78 is 25.1. The summed E-state index contributed by atoms with van der Waals surface area (Å²) >= 11 is 0. The molecule has 7 nitrogen and oxygen atoms in total. The third-order valence-corrected chi connectivity index (χ3v) is 3.93. The fraction of sp³-hybridized carbons (Fsp3) is 0.167. The van der Waals surface area contributed by atoms with Gasteiger partial charge in [0.2, 0.25) is 5.88 Å². The minimum Gasteiger partial charge on any atom is -0.481 e. The minimum atomic E-state index is -0.707. The second kappa shape index (κ2) is 7.32. The molecule has 1 unspecified atom stereocenters. The van der Waals surface area contributed by atoms with Crippen molar-refractivity contribution in [1.29, 1.82) is 0 Å². The van der Waals surface area contributed by atoms with Gasteiger partial charge in [-0.3, -0.25) is 10.0 Å². The van der Waals surface area contributed by atoms with Crippen molar-refractivity contribution in [2.75, 3.05) is 7.11 Å². The third-order valence-electron chi connectivity index (χ3n) is 3.93. The summed E-state index contributed by atoms with van der Waals surface area (Å²) in [5.74, 6) is -1.17. The summed E-state index contributed by atoms with van der Waals surface area (Å²) in [7, 11) is 1.50. The van der Waals surface area contributed by atoms with Gasteiger partial charge < -0.3 is 9.47 Å². The molecule has 3 aromatic rings. The number of carbonyl (C=O) groups is 1. The molecule has 0 spiro atoms. The number of nitrogens with one attached hydrogen (secondary N) is 1. The molecule has 2 aromatic heterocycles. The number of hydroxylamine groups is 1. The van der Waals surface area contributed by atoms with Crippen molar-refractivity contribution in [3.63, 3.8) is 0 Å². The molecular weight excluding hydrogens is 341 g/mol. The summed E-state index contributed by atoms with van der Waals surface area (Å²) in [6, 6.07) is 9.17. The quantitative estimate of drug-likeness (QED) is 0.538. The first-order valence-corrected chi connectivity index (χ1v) is 7.74. The highest BCUT2D eigenvalue weighted by atomic mass is 19.1. The Morgan fingerprint density at radius 3 is 2.73 bits per heavy atom. The second-order valence-corrected chi connectivity index (χ2v) is 5.52. The van der Waals surface area contributed by atoms with E-state index in [4.69, 9.17) is 14.7 Å². The topological polar surface area (TPSA) is 93.6 Å². The van der Waals surface area contributed by atoms with Gasteiger partial charge in [-0.05, 0) is 36.8 Å². The summed E-state index contributed by atoms with van der Waals surface area (Å²) in [6.45, 7) is 1.55. The molecule has 0 aliphatic heterocycles. The average Bonchev–Trinajstić information content (AvgIpc) is 2.67. The average molecular weight is 357 g/mol. The van der Waals surface area contributed by atoms with Gasteiger partial charge in [0.05, 0.1) is 18.4 Å². The zero-order valence-electron chi connectivity index (χ0n) is 14.1. The monoisotopic (exact) mass is 357 g/mol. The Balaban J connectivity index is 1.92. The molecule has 0 saturated heterocycles. The highest BCUT2D eigenvalue weighted by molar-refractivity contribution is 5.83. The highest BCUT2D eigenvalue weighted by Gasteiger charge is 2.17. The first kappa shape index (κ1) is 17.6. The molecule has 0 aliphatic rings. The summed E-state index contributed by atoms with van der Waals surface area (Å²) in [6.07, 6.45) is 1.50. The molecule has 26 heavy (non-hydrogen) atoms. The van der Waals surface area contributed by atoms with E-state index in [1.165, 1.54) is 25.4 Å². The maximum atomic E-state index is 14.4. The van der Waals surface area contributed by atoms with E-state index in [0.717, 1.165) is 0 Å². The second-order valence-electron chi connectivity index (χ2n) is 5.52. The van der Waals surface area contributed by atoms with Crippen LogP contribution in [0.4, 0.5) is 4.39 Å². The van der Waals surface area contributed by atoms with Crippen LogP contribution in [0.3, 0.4) is 0 Å². The van der Waals surface area contributed by atoms with Gasteiger partial charge in [0.25, 0.3) is 5.91 Å². The van der Waals surface area contributed by atoms with Crippen LogP contribution in [0.25, 0.3) is 11.0 Å². The normalized spacial score (nSPS) is 11.8. The third kappa shape index (κ3) is 3.40. The summed E-state index contributed by atoms with van der Waals surface area (Å²) in [4.78, 5) is 19.8. The first-order chi connectivity index (χ1) is 12.5. The lowest BCUT2D eigenvalue weighted by atomic mass is 10.0. The van der Waals surface area contributed by atoms with Crippen LogP contribution in [-0.4, -0.2) is 28.2 Å². The number of fused-ring (bicyclic) bond motifs is 1. The Kier molecular flexibility index (Phi) is 4.94. The molecule has 0 bridgehead atoms. The molecule has 1 atom stereocenters. The number of nitrogens with zero attached hydrogens (tertiary/aromatic N) is 2. The summed E-state index contributed by atoms with van der Waals surface area (Å²) in [5.41, 5.74) is 2.37. The van der Waals surface area contributed by atoms with Gasteiger partial charge >= 0.3 is 0 Å². The number of hydrogen-bond donors (Lipinski definition) is 2. The van der Waals surface area contributed by atoms with Crippen molar-refractivity contribution < 1.29 is 23.9 Å². The first-order valence-electron chi connectivity index (χ1n) is 7.74. The van der Waals surface area contributed by atoms with Gasteiger partial charge in [-0.15, -0.1) is 0 Å². The largest absolute Gasteiger partial charge is 0.481 e. The SMILES string of the molecule is COc1ccc2c(Oc3ccc(C(C)C(=O)NO)cc3F)ccnc2n1. The number of rotatable bonds is 5. The van der Waals surface area contributed by atoms with Crippen molar-refractivity contribution >= 4 is 16.9 Å². The molecular formula is C18H16FN3O4. The number of amides is 1. The van der Waals surface area contributed by atoms with E-state index in [9.17, 15) is 9.18 Å². The van der Waals surface area contributed by atoms with Crippen LogP contribution in [-0.2, 0) is 4.79 Å². The van der Waals surface area contributed by atoms with Crippen LogP contribution in [0.1, 0.15) is 18.4 Å². The molecule has 1 amide bonds. The molecule has 1 aromatic carbocycles. The number of ether oxygens (including phenoxy) is 2. The highest BCUT2D eigenvalue weighted by Crippen LogP contribution is 2.31. The van der Waals surface area contributed by atoms with Crippen molar-refractivity contribution in [3.05, 3.63) is 54.0 Å². The van der Waals surface area contributed by atoms with Gasteiger partial charge in [-0.25, -0.2) is 14.9 Å². The lowest BCUT2D eigenvalue weighted by molar-refractivity contribution is -0.130. The molecule has 0 fully saturated rings. The van der Waals surface area contributed by atoms with Gasteiger partial charge in [0.1, 0.15) is 5.75 Å². The molecule has 0 aliphatic carbocycles. The Morgan fingerprint density at radius 1 is 1.23 bits per heavy atom. The number of halogens is 1. The van der Waals surface area contributed by atoms with E-state index in [2.05, 4.69) is 9.97 Å².